The van der Waals surface area contributed by atoms with Crippen molar-refractivity contribution in [3.05, 3.63) is 53.6 Å². The number of amides is 1. The minimum atomic E-state index is -0.178. The van der Waals surface area contributed by atoms with E-state index in [0.717, 1.165) is 11.3 Å². The van der Waals surface area contributed by atoms with E-state index in [2.05, 4.69) is 15.6 Å². The second-order valence-electron chi connectivity index (χ2n) is 5.92. The van der Waals surface area contributed by atoms with Gasteiger partial charge in [0.1, 0.15) is 0 Å². The molecule has 0 spiro atoms. The summed E-state index contributed by atoms with van der Waals surface area (Å²) in [5.74, 6) is 1.19. The number of likely N-dealkylation sites (N-methyl/N-ethyl adjacent to an activating group) is 1. The predicted octanol–water partition coefficient (Wildman–Crippen LogP) is 2.45. The lowest BCUT2D eigenvalue weighted by molar-refractivity contribution is -0.123. The average Bonchev–Trinajstić information content (AvgIpc) is 2.67. The second-order valence-corrected chi connectivity index (χ2v) is 5.92. The quantitative estimate of drug-likeness (QED) is 0.490. The van der Waals surface area contributed by atoms with E-state index in [1.807, 2.05) is 50.2 Å². The molecule has 4 N–H and O–H groups in total. The van der Waals surface area contributed by atoms with Gasteiger partial charge in [-0.15, -0.1) is 0 Å². The largest absolute Gasteiger partial charge is 0.493 e. The Morgan fingerprint density at radius 1 is 1.15 bits per heavy atom. The van der Waals surface area contributed by atoms with Crippen molar-refractivity contribution in [3.63, 3.8) is 0 Å². The van der Waals surface area contributed by atoms with E-state index < -0.39 is 0 Å². The molecule has 2 rings (SSSR count). The van der Waals surface area contributed by atoms with Gasteiger partial charge in [0.2, 0.25) is 0 Å². The highest BCUT2D eigenvalue weighted by atomic mass is 16.5. The number of nitrogens with two attached hydrogens (primary N) is 1. The predicted molar refractivity (Wildman–Crippen MR) is 107 cm³/mol. The monoisotopic (exact) mass is 370 g/mol. The number of aryl methyl sites for hydroxylation is 1. The molecule has 0 atom stereocenters. The molecule has 27 heavy (non-hydrogen) atoms. The molecule has 0 fully saturated rings. The molecule has 0 saturated heterocycles. The number of guanidine groups is 1. The topological polar surface area (TPSA) is 98.0 Å². The summed E-state index contributed by atoms with van der Waals surface area (Å²) in [6.45, 7) is 4.77. The van der Waals surface area contributed by atoms with Crippen molar-refractivity contribution in [2.75, 3.05) is 25.6 Å². The molecule has 2 aromatic carbocycles. The van der Waals surface area contributed by atoms with Crippen LogP contribution in [0.15, 0.2) is 47.5 Å². The Bertz CT molecular complexity index is 788. The third-order valence-electron chi connectivity index (χ3n) is 3.72. The van der Waals surface area contributed by atoms with Gasteiger partial charge in [-0.05, 0) is 43.7 Å². The Morgan fingerprint density at radius 2 is 1.89 bits per heavy atom. The molecule has 7 heteroatoms. The van der Waals surface area contributed by atoms with Gasteiger partial charge in [-0.3, -0.25) is 4.79 Å². The molecule has 0 heterocycles. The van der Waals surface area contributed by atoms with E-state index in [0.29, 0.717) is 30.5 Å². The molecule has 0 aliphatic heterocycles. The number of benzene rings is 2. The second kappa shape index (κ2) is 10.1. The fraction of sp³-hybridized carbons (Fsp3) is 0.300. The minimum absolute atomic E-state index is 0.0604. The SMILES string of the molecule is CCNC(=O)COc1ccc(CN=C(N)Nc2ccc(C)cc2)cc1OC. The number of nitrogens with zero attached hydrogens (tertiary/aromatic N) is 1. The van der Waals surface area contributed by atoms with Gasteiger partial charge in [-0.1, -0.05) is 23.8 Å². The van der Waals surface area contributed by atoms with Gasteiger partial charge in [0.05, 0.1) is 13.7 Å². The van der Waals surface area contributed by atoms with E-state index in [1.165, 1.54) is 5.56 Å². The number of nitrogens with one attached hydrogen (secondary N) is 2. The summed E-state index contributed by atoms with van der Waals surface area (Å²) in [7, 11) is 1.55. The van der Waals surface area contributed by atoms with E-state index in [9.17, 15) is 4.79 Å². The third-order valence-corrected chi connectivity index (χ3v) is 3.72. The van der Waals surface area contributed by atoms with Gasteiger partial charge >= 0.3 is 0 Å². The van der Waals surface area contributed by atoms with E-state index in [1.54, 1.807) is 13.2 Å². The van der Waals surface area contributed by atoms with Crippen LogP contribution in [0.2, 0.25) is 0 Å². The lowest BCUT2D eigenvalue weighted by Crippen LogP contribution is -2.28. The highest BCUT2D eigenvalue weighted by Crippen LogP contribution is 2.28. The van der Waals surface area contributed by atoms with E-state index in [4.69, 9.17) is 15.2 Å². The number of methoxy groups -OCH3 is 1. The van der Waals surface area contributed by atoms with Crippen LogP contribution in [0.4, 0.5) is 5.69 Å². The van der Waals surface area contributed by atoms with Crippen LogP contribution >= 0.6 is 0 Å². The number of aliphatic imine (C=N–C) groups is 1. The van der Waals surface area contributed by atoms with Crippen molar-refractivity contribution >= 4 is 17.6 Å². The van der Waals surface area contributed by atoms with Crippen molar-refractivity contribution in [2.24, 2.45) is 10.7 Å². The van der Waals surface area contributed by atoms with Crippen molar-refractivity contribution < 1.29 is 14.3 Å². The van der Waals surface area contributed by atoms with Crippen LogP contribution in [-0.4, -0.2) is 32.1 Å². The molecule has 0 aliphatic rings. The first-order valence-corrected chi connectivity index (χ1v) is 8.71. The molecule has 7 nitrogen and oxygen atoms in total. The molecular weight excluding hydrogens is 344 g/mol. The Hall–Kier alpha value is -3.22. The molecule has 2 aromatic rings. The smallest absolute Gasteiger partial charge is 0.257 e. The zero-order chi connectivity index (χ0) is 19.6. The van der Waals surface area contributed by atoms with Crippen LogP contribution in [0.1, 0.15) is 18.1 Å². The molecule has 0 saturated carbocycles. The number of rotatable bonds is 8. The molecule has 144 valence electrons. The number of anilines is 1. The van der Waals surface area contributed by atoms with Crippen molar-refractivity contribution in [3.8, 4) is 11.5 Å². The summed E-state index contributed by atoms with van der Waals surface area (Å²) in [5.41, 5.74) is 8.91. The summed E-state index contributed by atoms with van der Waals surface area (Å²) >= 11 is 0. The summed E-state index contributed by atoms with van der Waals surface area (Å²) in [6, 6.07) is 13.3. The molecule has 1 amide bonds. The van der Waals surface area contributed by atoms with E-state index >= 15 is 0 Å². The van der Waals surface area contributed by atoms with Crippen LogP contribution in [0.3, 0.4) is 0 Å². The van der Waals surface area contributed by atoms with Crippen molar-refractivity contribution in [1.29, 1.82) is 0 Å². The van der Waals surface area contributed by atoms with Gasteiger partial charge < -0.3 is 25.8 Å². The molecular formula is C20H26N4O3. The number of hydrogen-bond acceptors (Lipinski definition) is 4. The number of carbonyl (C=O) groups is 1. The summed E-state index contributed by atoms with van der Waals surface area (Å²) in [6.07, 6.45) is 0. The van der Waals surface area contributed by atoms with Gasteiger partial charge in [-0.2, -0.15) is 0 Å². The summed E-state index contributed by atoms with van der Waals surface area (Å²) < 4.78 is 10.8. The zero-order valence-corrected chi connectivity index (χ0v) is 15.9. The highest BCUT2D eigenvalue weighted by Gasteiger charge is 2.08. The Morgan fingerprint density at radius 3 is 2.56 bits per heavy atom. The van der Waals surface area contributed by atoms with Crippen molar-refractivity contribution in [1.82, 2.24) is 5.32 Å². The van der Waals surface area contributed by atoms with Crippen LogP contribution in [0.25, 0.3) is 0 Å². The van der Waals surface area contributed by atoms with Gasteiger partial charge in [0.15, 0.2) is 24.1 Å². The summed E-state index contributed by atoms with van der Waals surface area (Å²) in [5, 5.41) is 5.73. The maximum atomic E-state index is 11.5. The fourth-order valence-corrected chi connectivity index (χ4v) is 2.32. The van der Waals surface area contributed by atoms with Gasteiger partial charge in [-0.25, -0.2) is 4.99 Å². The van der Waals surface area contributed by atoms with Crippen molar-refractivity contribution in [2.45, 2.75) is 20.4 Å². The summed E-state index contributed by atoms with van der Waals surface area (Å²) in [4.78, 5) is 15.9. The average molecular weight is 370 g/mol. The third kappa shape index (κ3) is 6.54. The standard InChI is InChI=1S/C20H26N4O3/c1-4-22-19(25)13-27-17-10-7-15(11-18(17)26-3)12-23-20(21)24-16-8-5-14(2)6-9-16/h5-11H,4,12-13H2,1-3H3,(H,22,25)(H3,21,23,24). The van der Waals surface area contributed by atoms with Crippen LogP contribution in [-0.2, 0) is 11.3 Å². The Labute approximate surface area is 159 Å². The highest BCUT2D eigenvalue weighted by molar-refractivity contribution is 5.92. The van der Waals surface area contributed by atoms with Crippen LogP contribution < -0.4 is 25.8 Å². The maximum absolute atomic E-state index is 11.5. The number of hydrogen-bond donors (Lipinski definition) is 3. The lowest BCUT2D eigenvalue weighted by atomic mass is 10.2. The molecule has 0 unspecified atom stereocenters. The zero-order valence-electron chi connectivity index (χ0n) is 15.9. The minimum Gasteiger partial charge on any atom is -0.493 e. The first-order chi connectivity index (χ1) is 13.0. The molecule has 0 radical (unpaired) electrons. The van der Waals surface area contributed by atoms with Gasteiger partial charge in [0, 0.05) is 12.2 Å². The normalized spacial score (nSPS) is 11.0. The molecule has 0 aromatic heterocycles. The first-order valence-electron chi connectivity index (χ1n) is 8.71. The first kappa shape index (κ1) is 20.1. The Kier molecular flexibility index (Phi) is 7.49. The number of ether oxygens (including phenoxy) is 2. The van der Waals surface area contributed by atoms with E-state index in [-0.39, 0.29) is 12.5 Å². The van der Waals surface area contributed by atoms with Crippen LogP contribution in [0, 0.1) is 6.92 Å². The number of carbonyl (C=O) groups excluding carboxylic acids is 1. The lowest BCUT2D eigenvalue weighted by Gasteiger charge is -2.12. The fourth-order valence-electron chi connectivity index (χ4n) is 2.32. The maximum Gasteiger partial charge on any atom is 0.257 e. The van der Waals surface area contributed by atoms with Crippen LogP contribution in [0.5, 0.6) is 11.5 Å². The molecule has 0 bridgehead atoms. The Balaban J connectivity index is 1.97. The molecule has 0 aliphatic carbocycles. The van der Waals surface area contributed by atoms with Gasteiger partial charge in [0.25, 0.3) is 5.91 Å².